The monoisotopic (exact) mass is 233 g/mol. The van der Waals surface area contributed by atoms with Crippen molar-refractivity contribution in [1.82, 2.24) is 0 Å². The largest absolute Gasteiger partial charge is 0.496 e. The van der Waals surface area contributed by atoms with Gasteiger partial charge in [0.25, 0.3) is 0 Å². The molecule has 94 valence electrons. The summed E-state index contributed by atoms with van der Waals surface area (Å²) in [4.78, 5) is 0. The maximum absolute atomic E-state index is 6.09. The number of para-hydroxylation sites is 1. The molecule has 1 aromatic carbocycles. The maximum atomic E-state index is 6.09. The highest BCUT2D eigenvalue weighted by Gasteiger charge is 2.35. The zero-order valence-electron chi connectivity index (χ0n) is 11.0. The van der Waals surface area contributed by atoms with Crippen LogP contribution in [0.25, 0.3) is 0 Å². The Morgan fingerprint density at radius 3 is 2.53 bits per heavy atom. The van der Waals surface area contributed by atoms with Gasteiger partial charge in [-0.1, -0.05) is 37.5 Å². The number of hydrogen-bond acceptors (Lipinski definition) is 2. The normalized spacial score (nSPS) is 19.0. The zero-order chi connectivity index (χ0) is 12.3. The van der Waals surface area contributed by atoms with Crippen molar-refractivity contribution >= 4 is 0 Å². The van der Waals surface area contributed by atoms with Crippen molar-refractivity contribution in [2.75, 3.05) is 13.7 Å². The maximum Gasteiger partial charge on any atom is 0.125 e. The van der Waals surface area contributed by atoms with Crippen LogP contribution < -0.4 is 10.5 Å². The topological polar surface area (TPSA) is 35.2 Å². The van der Waals surface area contributed by atoms with Crippen molar-refractivity contribution < 1.29 is 4.74 Å². The van der Waals surface area contributed by atoms with Gasteiger partial charge >= 0.3 is 0 Å². The van der Waals surface area contributed by atoms with E-state index in [0.717, 1.165) is 12.3 Å². The van der Waals surface area contributed by atoms with Crippen LogP contribution in [0, 0.1) is 6.92 Å². The molecule has 0 atom stereocenters. The van der Waals surface area contributed by atoms with Gasteiger partial charge in [-0.05, 0) is 25.3 Å². The fraction of sp³-hybridized carbons (Fsp3) is 0.600. The molecule has 2 rings (SSSR count). The lowest BCUT2D eigenvalue weighted by Gasteiger charge is -2.38. The molecule has 1 saturated carbocycles. The Labute approximate surface area is 104 Å². The van der Waals surface area contributed by atoms with Crippen LogP contribution in [0.5, 0.6) is 5.75 Å². The number of methoxy groups -OCH3 is 1. The van der Waals surface area contributed by atoms with Crippen molar-refractivity contribution in [2.45, 2.75) is 44.4 Å². The Balaban J connectivity index is 2.46. The van der Waals surface area contributed by atoms with Gasteiger partial charge < -0.3 is 10.5 Å². The van der Waals surface area contributed by atoms with Crippen molar-refractivity contribution in [3.05, 3.63) is 29.3 Å². The predicted molar refractivity (Wildman–Crippen MR) is 71.5 cm³/mol. The third-order valence-corrected chi connectivity index (χ3v) is 4.19. The molecule has 17 heavy (non-hydrogen) atoms. The lowest BCUT2D eigenvalue weighted by molar-refractivity contribution is 0.287. The first-order chi connectivity index (χ1) is 8.23. The summed E-state index contributed by atoms with van der Waals surface area (Å²) in [6.45, 7) is 2.84. The van der Waals surface area contributed by atoms with Gasteiger partial charge in [-0.25, -0.2) is 0 Å². The summed E-state index contributed by atoms with van der Waals surface area (Å²) in [5.41, 5.74) is 8.77. The van der Waals surface area contributed by atoms with E-state index < -0.39 is 0 Å². The Morgan fingerprint density at radius 2 is 1.94 bits per heavy atom. The Morgan fingerprint density at radius 1 is 1.24 bits per heavy atom. The molecule has 2 N–H and O–H groups in total. The van der Waals surface area contributed by atoms with Crippen LogP contribution in [0.4, 0.5) is 0 Å². The highest BCUT2D eigenvalue weighted by molar-refractivity contribution is 5.45. The number of aryl methyl sites for hydroxylation is 1. The van der Waals surface area contributed by atoms with Gasteiger partial charge in [-0.3, -0.25) is 0 Å². The first kappa shape index (κ1) is 12.4. The minimum absolute atomic E-state index is 0.148. The molecule has 0 unspecified atom stereocenters. The number of benzene rings is 1. The Kier molecular flexibility index (Phi) is 3.72. The van der Waals surface area contributed by atoms with Crippen LogP contribution in [-0.2, 0) is 5.41 Å². The molecule has 1 aromatic rings. The summed E-state index contributed by atoms with van der Waals surface area (Å²) in [5.74, 6) is 1.04. The number of rotatable bonds is 3. The van der Waals surface area contributed by atoms with Crippen molar-refractivity contribution in [3.8, 4) is 5.75 Å². The first-order valence-corrected chi connectivity index (χ1v) is 6.58. The van der Waals surface area contributed by atoms with Crippen LogP contribution in [0.15, 0.2) is 18.2 Å². The average Bonchev–Trinajstić information content (AvgIpc) is 2.39. The van der Waals surface area contributed by atoms with E-state index in [1.165, 1.54) is 43.2 Å². The van der Waals surface area contributed by atoms with Crippen LogP contribution in [0.1, 0.15) is 43.2 Å². The van der Waals surface area contributed by atoms with Gasteiger partial charge in [0.05, 0.1) is 7.11 Å². The standard InChI is InChI=1S/C15H23NO/c1-12-7-6-8-13(14(12)17-2)15(11-16)9-4-3-5-10-15/h6-8H,3-5,9-11,16H2,1-2H3. The lowest BCUT2D eigenvalue weighted by Crippen LogP contribution is -2.37. The fourth-order valence-corrected chi connectivity index (χ4v) is 3.15. The SMILES string of the molecule is COc1c(C)cccc1C1(CN)CCCCC1. The minimum Gasteiger partial charge on any atom is -0.496 e. The van der Waals surface area contributed by atoms with E-state index in [9.17, 15) is 0 Å². The smallest absolute Gasteiger partial charge is 0.125 e. The van der Waals surface area contributed by atoms with Crippen molar-refractivity contribution in [2.24, 2.45) is 5.73 Å². The number of hydrogen-bond donors (Lipinski definition) is 1. The van der Waals surface area contributed by atoms with E-state index in [-0.39, 0.29) is 5.41 Å². The molecule has 0 spiro atoms. The van der Waals surface area contributed by atoms with Gasteiger partial charge in [0.1, 0.15) is 5.75 Å². The summed E-state index contributed by atoms with van der Waals surface area (Å²) >= 11 is 0. The first-order valence-electron chi connectivity index (χ1n) is 6.58. The molecule has 2 nitrogen and oxygen atoms in total. The molecule has 2 heteroatoms. The molecule has 1 aliphatic carbocycles. The molecule has 1 fully saturated rings. The zero-order valence-corrected chi connectivity index (χ0v) is 11.0. The van der Waals surface area contributed by atoms with E-state index >= 15 is 0 Å². The summed E-state index contributed by atoms with van der Waals surface area (Å²) in [6.07, 6.45) is 6.31. The van der Waals surface area contributed by atoms with Gasteiger partial charge in [-0.15, -0.1) is 0 Å². The second-order valence-corrected chi connectivity index (χ2v) is 5.20. The van der Waals surface area contributed by atoms with E-state index in [4.69, 9.17) is 10.5 Å². The van der Waals surface area contributed by atoms with E-state index in [2.05, 4.69) is 25.1 Å². The highest BCUT2D eigenvalue weighted by Crippen LogP contribution is 2.43. The van der Waals surface area contributed by atoms with Crippen molar-refractivity contribution in [1.29, 1.82) is 0 Å². The molecular formula is C15H23NO. The average molecular weight is 233 g/mol. The van der Waals surface area contributed by atoms with E-state index in [1.54, 1.807) is 7.11 Å². The Hall–Kier alpha value is -1.02. The predicted octanol–water partition coefficient (Wildman–Crippen LogP) is 3.16. The van der Waals surface area contributed by atoms with Crippen LogP contribution >= 0.6 is 0 Å². The third kappa shape index (κ3) is 2.19. The van der Waals surface area contributed by atoms with Gasteiger partial charge in [0, 0.05) is 17.5 Å². The van der Waals surface area contributed by atoms with E-state index in [0.29, 0.717) is 0 Å². The summed E-state index contributed by atoms with van der Waals surface area (Å²) in [6, 6.07) is 6.43. The van der Waals surface area contributed by atoms with Gasteiger partial charge in [0.2, 0.25) is 0 Å². The number of nitrogens with two attached hydrogens (primary N) is 1. The molecule has 0 amide bonds. The summed E-state index contributed by atoms with van der Waals surface area (Å²) in [5, 5.41) is 0. The van der Waals surface area contributed by atoms with Crippen LogP contribution in [-0.4, -0.2) is 13.7 Å². The second-order valence-electron chi connectivity index (χ2n) is 5.20. The Bertz CT molecular complexity index is 381. The third-order valence-electron chi connectivity index (χ3n) is 4.19. The highest BCUT2D eigenvalue weighted by atomic mass is 16.5. The van der Waals surface area contributed by atoms with Gasteiger partial charge in [0.15, 0.2) is 0 Å². The molecular weight excluding hydrogens is 210 g/mol. The molecule has 0 heterocycles. The quantitative estimate of drug-likeness (QED) is 0.870. The molecule has 0 radical (unpaired) electrons. The summed E-state index contributed by atoms with van der Waals surface area (Å²) < 4.78 is 5.60. The molecule has 1 aliphatic rings. The van der Waals surface area contributed by atoms with E-state index in [1.807, 2.05) is 0 Å². The summed E-state index contributed by atoms with van der Waals surface area (Å²) in [7, 11) is 1.76. The molecule has 0 aromatic heterocycles. The fourth-order valence-electron chi connectivity index (χ4n) is 3.15. The second kappa shape index (κ2) is 5.09. The lowest BCUT2D eigenvalue weighted by atomic mass is 9.69. The molecule has 0 bridgehead atoms. The van der Waals surface area contributed by atoms with Crippen LogP contribution in [0.2, 0.25) is 0 Å². The number of ether oxygens (including phenoxy) is 1. The van der Waals surface area contributed by atoms with Crippen LogP contribution in [0.3, 0.4) is 0 Å². The van der Waals surface area contributed by atoms with Gasteiger partial charge in [-0.2, -0.15) is 0 Å². The molecule has 0 aliphatic heterocycles. The minimum atomic E-state index is 0.148. The van der Waals surface area contributed by atoms with Crippen molar-refractivity contribution in [3.63, 3.8) is 0 Å². The molecule has 0 saturated heterocycles.